The van der Waals surface area contributed by atoms with Crippen LogP contribution in [0, 0.1) is 5.82 Å². The molecule has 1 aliphatic carbocycles. The van der Waals surface area contributed by atoms with E-state index in [1.165, 1.54) is 12.8 Å². The Morgan fingerprint density at radius 2 is 2.14 bits per heavy atom. The van der Waals surface area contributed by atoms with E-state index in [1.807, 2.05) is 12.3 Å². The van der Waals surface area contributed by atoms with Crippen molar-refractivity contribution in [1.82, 2.24) is 4.98 Å². The SMILES string of the molecule is Fc1cc(C2CC2)c2cnccc2c1. The van der Waals surface area contributed by atoms with Gasteiger partial charge in [0.2, 0.25) is 0 Å². The summed E-state index contributed by atoms with van der Waals surface area (Å²) in [6, 6.07) is 5.09. The van der Waals surface area contributed by atoms with Crippen LogP contribution in [0.2, 0.25) is 0 Å². The van der Waals surface area contributed by atoms with E-state index in [1.54, 1.807) is 18.3 Å². The van der Waals surface area contributed by atoms with E-state index in [0.29, 0.717) is 5.92 Å². The van der Waals surface area contributed by atoms with Gasteiger partial charge in [-0.1, -0.05) is 0 Å². The zero-order valence-corrected chi connectivity index (χ0v) is 7.70. The average molecular weight is 187 g/mol. The van der Waals surface area contributed by atoms with Crippen molar-refractivity contribution in [2.45, 2.75) is 18.8 Å². The van der Waals surface area contributed by atoms with Crippen molar-refractivity contribution in [1.29, 1.82) is 0 Å². The highest BCUT2D eigenvalue weighted by atomic mass is 19.1. The predicted molar refractivity (Wildman–Crippen MR) is 53.7 cm³/mol. The quantitative estimate of drug-likeness (QED) is 0.667. The standard InChI is InChI=1S/C12H10FN/c13-10-5-9-3-4-14-7-12(9)11(6-10)8-1-2-8/h3-8H,1-2H2. The number of halogens is 1. The highest BCUT2D eigenvalue weighted by Crippen LogP contribution is 2.43. The molecule has 14 heavy (non-hydrogen) atoms. The molecule has 1 aromatic heterocycles. The third-order valence-electron chi connectivity index (χ3n) is 2.77. The number of hydrogen-bond acceptors (Lipinski definition) is 1. The van der Waals surface area contributed by atoms with Crippen LogP contribution in [0.3, 0.4) is 0 Å². The molecule has 2 aromatic rings. The maximum Gasteiger partial charge on any atom is 0.124 e. The van der Waals surface area contributed by atoms with Gasteiger partial charge in [-0.25, -0.2) is 4.39 Å². The number of benzene rings is 1. The number of rotatable bonds is 1. The Labute approximate surface area is 81.6 Å². The van der Waals surface area contributed by atoms with Crippen molar-refractivity contribution < 1.29 is 4.39 Å². The zero-order valence-electron chi connectivity index (χ0n) is 7.70. The van der Waals surface area contributed by atoms with Crippen molar-refractivity contribution >= 4 is 10.8 Å². The molecule has 3 rings (SSSR count). The molecule has 0 bridgehead atoms. The molecule has 0 spiro atoms. The second kappa shape index (κ2) is 2.77. The van der Waals surface area contributed by atoms with Crippen LogP contribution in [-0.2, 0) is 0 Å². The number of pyridine rings is 1. The lowest BCUT2D eigenvalue weighted by Gasteiger charge is -2.04. The predicted octanol–water partition coefficient (Wildman–Crippen LogP) is 3.25. The van der Waals surface area contributed by atoms with Crippen molar-refractivity contribution in [3.8, 4) is 0 Å². The molecular weight excluding hydrogens is 177 g/mol. The summed E-state index contributed by atoms with van der Waals surface area (Å²) in [6.45, 7) is 0. The summed E-state index contributed by atoms with van der Waals surface area (Å²) in [7, 11) is 0. The highest BCUT2D eigenvalue weighted by molar-refractivity contribution is 5.85. The van der Waals surface area contributed by atoms with Gasteiger partial charge < -0.3 is 0 Å². The number of hydrogen-bond donors (Lipinski definition) is 0. The number of aromatic nitrogens is 1. The van der Waals surface area contributed by atoms with Gasteiger partial charge in [0.15, 0.2) is 0 Å². The molecule has 1 saturated carbocycles. The smallest absolute Gasteiger partial charge is 0.124 e. The van der Waals surface area contributed by atoms with Crippen LogP contribution in [0.1, 0.15) is 24.3 Å². The van der Waals surface area contributed by atoms with Gasteiger partial charge in [0.1, 0.15) is 5.82 Å². The van der Waals surface area contributed by atoms with Crippen LogP contribution in [0.25, 0.3) is 10.8 Å². The molecule has 1 aliphatic rings. The second-order valence-electron chi connectivity index (χ2n) is 3.87. The molecule has 1 nitrogen and oxygen atoms in total. The van der Waals surface area contributed by atoms with Crippen molar-refractivity contribution in [3.05, 3.63) is 42.0 Å². The summed E-state index contributed by atoms with van der Waals surface area (Å²) in [6.07, 6.45) is 5.92. The van der Waals surface area contributed by atoms with Gasteiger partial charge in [-0.05, 0) is 47.9 Å². The first-order chi connectivity index (χ1) is 6.84. The van der Waals surface area contributed by atoms with Gasteiger partial charge in [-0.15, -0.1) is 0 Å². The highest BCUT2D eigenvalue weighted by Gasteiger charge is 2.25. The lowest BCUT2D eigenvalue weighted by atomic mass is 10.0. The van der Waals surface area contributed by atoms with Gasteiger partial charge >= 0.3 is 0 Å². The largest absolute Gasteiger partial charge is 0.264 e. The second-order valence-corrected chi connectivity index (χ2v) is 3.87. The molecule has 1 aromatic carbocycles. The Kier molecular flexibility index (Phi) is 1.57. The van der Waals surface area contributed by atoms with Crippen molar-refractivity contribution in [2.24, 2.45) is 0 Å². The van der Waals surface area contributed by atoms with Crippen LogP contribution < -0.4 is 0 Å². The molecule has 0 saturated heterocycles. The van der Waals surface area contributed by atoms with Crippen molar-refractivity contribution in [2.75, 3.05) is 0 Å². The maximum absolute atomic E-state index is 13.3. The van der Waals surface area contributed by atoms with Crippen LogP contribution in [0.4, 0.5) is 4.39 Å². The molecule has 0 amide bonds. The Morgan fingerprint density at radius 3 is 2.93 bits per heavy atom. The topological polar surface area (TPSA) is 12.9 Å². The Hall–Kier alpha value is -1.44. The fourth-order valence-electron chi connectivity index (χ4n) is 1.92. The molecule has 0 unspecified atom stereocenters. The minimum Gasteiger partial charge on any atom is -0.264 e. The fraction of sp³-hybridized carbons (Fsp3) is 0.250. The molecule has 2 heteroatoms. The molecule has 0 N–H and O–H groups in total. The van der Waals surface area contributed by atoms with Crippen LogP contribution >= 0.6 is 0 Å². The lowest BCUT2D eigenvalue weighted by Crippen LogP contribution is -1.87. The monoisotopic (exact) mass is 187 g/mol. The molecule has 0 radical (unpaired) electrons. The van der Waals surface area contributed by atoms with E-state index in [4.69, 9.17) is 0 Å². The molecule has 0 aliphatic heterocycles. The average Bonchev–Trinajstić information content (AvgIpc) is 2.99. The molecule has 70 valence electrons. The van der Waals surface area contributed by atoms with Gasteiger partial charge in [-0.3, -0.25) is 4.98 Å². The van der Waals surface area contributed by atoms with Crippen LogP contribution in [0.5, 0.6) is 0 Å². The molecule has 1 heterocycles. The van der Waals surface area contributed by atoms with E-state index in [0.717, 1.165) is 16.3 Å². The Morgan fingerprint density at radius 1 is 1.29 bits per heavy atom. The Bertz CT molecular complexity index is 489. The lowest BCUT2D eigenvalue weighted by molar-refractivity contribution is 0.627. The maximum atomic E-state index is 13.3. The summed E-state index contributed by atoms with van der Waals surface area (Å²) in [5.74, 6) is 0.433. The van der Waals surface area contributed by atoms with Gasteiger partial charge in [0, 0.05) is 17.8 Å². The molecular formula is C12H10FN. The van der Waals surface area contributed by atoms with E-state index in [2.05, 4.69) is 4.98 Å². The summed E-state index contributed by atoms with van der Waals surface area (Å²) in [5, 5.41) is 2.07. The van der Waals surface area contributed by atoms with Gasteiger partial charge in [-0.2, -0.15) is 0 Å². The summed E-state index contributed by atoms with van der Waals surface area (Å²) in [5.41, 5.74) is 1.13. The van der Waals surface area contributed by atoms with E-state index in [-0.39, 0.29) is 5.82 Å². The van der Waals surface area contributed by atoms with E-state index in [9.17, 15) is 4.39 Å². The summed E-state index contributed by atoms with van der Waals surface area (Å²) in [4.78, 5) is 4.09. The minimum atomic E-state index is -0.134. The first-order valence-corrected chi connectivity index (χ1v) is 4.88. The zero-order chi connectivity index (χ0) is 9.54. The number of fused-ring (bicyclic) bond motifs is 1. The van der Waals surface area contributed by atoms with E-state index >= 15 is 0 Å². The first kappa shape index (κ1) is 7.92. The minimum absolute atomic E-state index is 0.134. The van der Waals surface area contributed by atoms with Crippen LogP contribution in [-0.4, -0.2) is 4.98 Å². The normalized spacial score (nSPS) is 16.1. The summed E-state index contributed by atoms with van der Waals surface area (Å²) < 4.78 is 13.3. The number of nitrogens with zero attached hydrogens (tertiary/aromatic N) is 1. The third kappa shape index (κ3) is 1.18. The Balaban J connectivity index is 2.34. The molecule has 1 fully saturated rings. The van der Waals surface area contributed by atoms with E-state index < -0.39 is 0 Å². The fourth-order valence-corrected chi connectivity index (χ4v) is 1.92. The first-order valence-electron chi connectivity index (χ1n) is 4.88. The molecule has 0 atom stereocenters. The summed E-state index contributed by atoms with van der Waals surface area (Å²) >= 11 is 0. The van der Waals surface area contributed by atoms with Gasteiger partial charge in [0.05, 0.1) is 0 Å². The third-order valence-corrected chi connectivity index (χ3v) is 2.77. The van der Waals surface area contributed by atoms with Gasteiger partial charge in [0.25, 0.3) is 0 Å². The van der Waals surface area contributed by atoms with Crippen molar-refractivity contribution in [3.63, 3.8) is 0 Å². The van der Waals surface area contributed by atoms with Crippen LogP contribution in [0.15, 0.2) is 30.6 Å².